The summed E-state index contributed by atoms with van der Waals surface area (Å²) >= 11 is 0. The fraction of sp³-hybridized carbons (Fsp3) is 0.500. The summed E-state index contributed by atoms with van der Waals surface area (Å²) < 4.78 is 5.47. The number of hydrogen-bond acceptors (Lipinski definition) is 5. The Morgan fingerprint density at radius 3 is 2.78 bits per heavy atom. The number of methoxy groups -OCH3 is 1. The molecule has 126 valence electrons. The minimum atomic E-state index is 0. The number of para-hydroxylation sites is 1. The number of nitrogens with zero attached hydrogens (tertiary/aromatic N) is 4. The van der Waals surface area contributed by atoms with E-state index in [1.54, 1.807) is 11.9 Å². The van der Waals surface area contributed by atoms with Gasteiger partial charge in [-0.1, -0.05) is 18.2 Å². The van der Waals surface area contributed by atoms with Gasteiger partial charge in [-0.05, 0) is 25.0 Å². The van der Waals surface area contributed by atoms with E-state index >= 15 is 0 Å². The average Bonchev–Trinajstić information content (AvgIpc) is 3.04. The van der Waals surface area contributed by atoms with Crippen molar-refractivity contribution in [2.75, 3.05) is 20.2 Å². The Kier molecular flexibility index (Phi) is 6.53. The van der Waals surface area contributed by atoms with E-state index in [0.717, 1.165) is 37.3 Å². The predicted molar refractivity (Wildman–Crippen MR) is 91.9 cm³/mol. The molecular weight excluding hydrogens is 314 g/mol. The Labute approximate surface area is 143 Å². The van der Waals surface area contributed by atoms with Gasteiger partial charge in [0.2, 0.25) is 0 Å². The van der Waals surface area contributed by atoms with E-state index in [0.29, 0.717) is 18.7 Å². The Morgan fingerprint density at radius 2 is 2.09 bits per heavy atom. The summed E-state index contributed by atoms with van der Waals surface area (Å²) in [6.07, 6.45) is 4.19. The maximum absolute atomic E-state index is 5.92. The van der Waals surface area contributed by atoms with Crippen molar-refractivity contribution in [1.82, 2.24) is 19.9 Å². The van der Waals surface area contributed by atoms with Crippen LogP contribution in [-0.2, 0) is 11.3 Å². The zero-order valence-electron chi connectivity index (χ0n) is 13.3. The van der Waals surface area contributed by atoms with Gasteiger partial charge in [0.05, 0.1) is 23.7 Å². The van der Waals surface area contributed by atoms with Crippen LogP contribution in [-0.4, -0.2) is 52.2 Å². The lowest BCUT2D eigenvalue weighted by Gasteiger charge is -2.37. The van der Waals surface area contributed by atoms with E-state index in [4.69, 9.17) is 10.5 Å². The van der Waals surface area contributed by atoms with Crippen LogP contribution in [0.3, 0.4) is 0 Å². The van der Waals surface area contributed by atoms with Crippen molar-refractivity contribution in [3.63, 3.8) is 0 Å². The summed E-state index contributed by atoms with van der Waals surface area (Å²) in [5.41, 5.74) is 7.87. The molecule has 1 aromatic heterocycles. The third-order valence-electron chi connectivity index (χ3n) is 4.29. The quantitative estimate of drug-likeness (QED) is 0.898. The lowest BCUT2D eigenvalue weighted by molar-refractivity contribution is 0.00975. The molecule has 2 aromatic rings. The van der Waals surface area contributed by atoms with Gasteiger partial charge in [-0.15, -0.1) is 12.4 Å². The minimum Gasteiger partial charge on any atom is -0.381 e. The normalized spacial score (nSPS) is 21.8. The molecule has 7 heteroatoms. The van der Waals surface area contributed by atoms with Crippen molar-refractivity contribution in [2.45, 2.75) is 31.5 Å². The summed E-state index contributed by atoms with van der Waals surface area (Å²) in [5, 5.41) is 8.93. The Hall–Kier alpha value is -1.47. The molecule has 23 heavy (non-hydrogen) atoms. The van der Waals surface area contributed by atoms with Crippen molar-refractivity contribution in [2.24, 2.45) is 5.73 Å². The van der Waals surface area contributed by atoms with E-state index in [9.17, 15) is 0 Å². The molecule has 2 unspecified atom stereocenters. The topological polar surface area (TPSA) is 69.2 Å². The third-order valence-corrected chi connectivity index (χ3v) is 4.29. The smallest absolute Gasteiger partial charge is 0.0971 e. The molecule has 6 nitrogen and oxygen atoms in total. The molecule has 1 fully saturated rings. The number of aromatic nitrogens is 3. The van der Waals surface area contributed by atoms with E-state index in [1.165, 1.54) is 0 Å². The highest BCUT2D eigenvalue weighted by Crippen LogP contribution is 2.20. The monoisotopic (exact) mass is 337 g/mol. The van der Waals surface area contributed by atoms with E-state index in [2.05, 4.69) is 15.1 Å². The SMILES string of the molecule is COC1CCN(Cc2cnn(-c3ccccc3)n2)C(CN)C1.Cl. The summed E-state index contributed by atoms with van der Waals surface area (Å²) in [6.45, 7) is 2.41. The molecule has 0 amide bonds. The van der Waals surface area contributed by atoms with Crippen molar-refractivity contribution in [3.05, 3.63) is 42.2 Å². The number of rotatable bonds is 5. The number of nitrogens with two attached hydrogens (primary N) is 1. The number of likely N-dealkylation sites (tertiary alicyclic amines) is 1. The molecule has 1 aromatic carbocycles. The van der Waals surface area contributed by atoms with Gasteiger partial charge in [-0.2, -0.15) is 15.0 Å². The predicted octanol–water partition coefficient (Wildman–Crippen LogP) is 1.63. The van der Waals surface area contributed by atoms with Crippen LogP contribution >= 0.6 is 12.4 Å². The zero-order valence-corrected chi connectivity index (χ0v) is 14.2. The fourth-order valence-corrected chi connectivity index (χ4v) is 2.99. The number of halogens is 1. The first-order valence-corrected chi connectivity index (χ1v) is 7.73. The third kappa shape index (κ3) is 4.29. The summed E-state index contributed by atoms with van der Waals surface area (Å²) in [5.74, 6) is 0. The first-order valence-electron chi connectivity index (χ1n) is 7.73. The van der Waals surface area contributed by atoms with Crippen molar-refractivity contribution in [3.8, 4) is 5.69 Å². The van der Waals surface area contributed by atoms with Gasteiger partial charge < -0.3 is 10.5 Å². The van der Waals surface area contributed by atoms with Gasteiger partial charge in [0.25, 0.3) is 0 Å². The molecule has 2 atom stereocenters. The van der Waals surface area contributed by atoms with E-state index in [-0.39, 0.29) is 12.4 Å². The van der Waals surface area contributed by atoms with Crippen molar-refractivity contribution in [1.29, 1.82) is 0 Å². The number of benzene rings is 1. The molecule has 1 aliphatic rings. The van der Waals surface area contributed by atoms with Crippen molar-refractivity contribution >= 4 is 12.4 Å². The molecule has 0 spiro atoms. The lowest BCUT2D eigenvalue weighted by Crippen LogP contribution is -2.48. The molecule has 3 rings (SSSR count). The van der Waals surface area contributed by atoms with Crippen LogP contribution in [0.25, 0.3) is 5.69 Å². The van der Waals surface area contributed by atoms with Crippen molar-refractivity contribution < 1.29 is 4.74 Å². The minimum absolute atomic E-state index is 0. The number of piperidine rings is 1. The average molecular weight is 338 g/mol. The fourth-order valence-electron chi connectivity index (χ4n) is 2.99. The molecule has 0 saturated carbocycles. The summed E-state index contributed by atoms with van der Waals surface area (Å²) in [7, 11) is 1.78. The molecule has 1 aliphatic heterocycles. The zero-order chi connectivity index (χ0) is 15.4. The molecule has 2 heterocycles. The Morgan fingerprint density at radius 1 is 1.30 bits per heavy atom. The second-order valence-electron chi connectivity index (χ2n) is 5.70. The summed E-state index contributed by atoms with van der Waals surface area (Å²) in [4.78, 5) is 4.06. The second-order valence-corrected chi connectivity index (χ2v) is 5.70. The van der Waals surface area contributed by atoms with Gasteiger partial charge >= 0.3 is 0 Å². The van der Waals surface area contributed by atoms with E-state index < -0.39 is 0 Å². The second kappa shape index (κ2) is 8.40. The molecule has 0 bridgehead atoms. The highest BCUT2D eigenvalue weighted by atomic mass is 35.5. The highest BCUT2D eigenvalue weighted by Gasteiger charge is 2.28. The molecular formula is C16H24ClN5O. The molecule has 0 radical (unpaired) electrons. The first-order chi connectivity index (χ1) is 10.8. The van der Waals surface area contributed by atoms with Gasteiger partial charge in [0.15, 0.2) is 0 Å². The Bertz CT molecular complexity index is 591. The van der Waals surface area contributed by atoms with Gasteiger partial charge in [0, 0.05) is 32.8 Å². The lowest BCUT2D eigenvalue weighted by atomic mass is 9.99. The van der Waals surface area contributed by atoms with Crippen LogP contribution in [0.2, 0.25) is 0 Å². The number of ether oxygens (including phenoxy) is 1. The van der Waals surface area contributed by atoms with Gasteiger partial charge in [0.1, 0.15) is 0 Å². The van der Waals surface area contributed by atoms with Crippen LogP contribution in [0.15, 0.2) is 36.5 Å². The maximum atomic E-state index is 5.92. The largest absolute Gasteiger partial charge is 0.381 e. The first kappa shape index (κ1) is 17.9. The molecule has 0 aliphatic carbocycles. The maximum Gasteiger partial charge on any atom is 0.0971 e. The van der Waals surface area contributed by atoms with Crippen LogP contribution in [0, 0.1) is 0 Å². The standard InChI is InChI=1S/C16H23N5O.ClH/c1-22-16-7-8-20(15(9-16)10-17)12-13-11-18-21(19-13)14-5-3-2-4-6-14;/h2-6,11,15-16H,7-10,12,17H2,1H3;1H. The van der Waals surface area contributed by atoms with Crippen LogP contribution in [0.5, 0.6) is 0 Å². The molecule has 1 saturated heterocycles. The molecule has 2 N–H and O–H groups in total. The summed E-state index contributed by atoms with van der Waals surface area (Å²) in [6, 6.07) is 10.3. The van der Waals surface area contributed by atoms with Gasteiger partial charge in [-0.3, -0.25) is 4.90 Å². The highest BCUT2D eigenvalue weighted by molar-refractivity contribution is 5.85. The Balaban J connectivity index is 0.00000192. The van der Waals surface area contributed by atoms with Crippen LogP contribution in [0.1, 0.15) is 18.5 Å². The van der Waals surface area contributed by atoms with E-state index in [1.807, 2.05) is 36.5 Å². The van der Waals surface area contributed by atoms with Crippen LogP contribution in [0.4, 0.5) is 0 Å². The van der Waals surface area contributed by atoms with Gasteiger partial charge in [-0.25, -0.2) is 0 Å². The number of hydrogen-bond donors (Lipinski definition) is 1. The van der Waals surface area contributed by atoms with Crippen LogP contribution < -0.4 is 5.73 Å².